The number of hydrogen-bond donors (Lipinski definition) is 1. The molecule has 0 bridgehead atoms. The summed E-state index contributed by atoms with van der Waals surface area (Å²) in [6.45, 7) is 3.98. The summed E-state index contributed by atoms with van der Waals surface area (Å²) in [7, 11) is 0. The first-order chi connectivity index (χ1) is 9.06. The monoisotopic (exact) mass is 258 g/mol. The summed E-state index contributed by atoms with van der Waals surface area (Å²) >= 11 is 0. The molecule has 2 aromatic rings. The van der Waals surface area contributed by atoms with E-state index in [4.69, 9.17) is 5.73 Å². The predicted molar refractivity (Wildman–Crippen MR) is 75.1 cm³/mol. The van der Waals surface area contributed by atoms with Gasteiger partial charge in [0, 0.05) is 23.1 Å². The van der Waals surface area contributed by atoms with Gasteiger partial charge in [0.25, 0.3) is 0 Å². The van der Waals surface area contributed by atoms with Gasteiger partial charge in [-0.25, -0.2) is 4.39 Å². The topological polar surface area (TPSA) is 30.9 Å². The van der Waals surface area contributed by atoms with Crippen LogP contribution in [0.5, 0.6) is 0 Å². The van der Waals surface area contributed by atoms with Gasteiger partial charge in [0.15, 0.2) is 0 Å². The SMILES string of the molecule is Cc1cc(F)cc(-n2c(C)cc3c2CCCC3N)c1. The van der Waals surface area contributed by atoms with Gasteiger partial charge in [-0.05, 0) is 68.5 Å². The maximum Gasteiger partial charge on any atom is 0.125 e. The van der Waals surface area contributed by atoms with Crippen LogP contribution in [0.3, 0.4) is 0 Å². The first-order valence-electron chi connectivity index (χ1n) is 6.80. The first kappa shape index (κ1) is 12.4. The molecule has 0 saturated heterocycles. The zero-order valence-electron chi connectivity index (χ0n) is 11.4. The number of rotatable bonds is 1. The molecule has 0 radical (unpaired) electrons. The Balaban J connectivity index is 2.20. The molecule has 100 valence electrons. The standard InChI is InChI=1S/C16H19FN2/c1-10-6-12(17)9-13(7-10)19-11(2)8-14-15(18)4-3-5-16(14)19/h6-9,15H,3-5,18H2,1-2H3. The molecule has 1 heterocycles. The first-order valence-corrected chi connectivity index (χ1v) is 6.80. The van der Waals surface area contributed by atoms with Crippen LogP contribution in [0.4, 0.5) is 4.39 Å². The minimum absolute atomic E-state index is 0.123. The Bertz CT molecular complexity index is 608. The lowest BCUT2D eigenvalue weighted by Crippen LogP contribution is -2.18. The molecule has 0 fully saturated rings. The summed E-state index contributed by atoms with van der Waals surface area (Å²) < 4.78 is 15.8. The maximum absolute atomic E-state index is 13.6. The van der Waals surface area contributed by atoms with E-state index in [9.17, 15) is 4.39 Å². The molecule has 19 heavy (non-hydrogen) atoms. The van der Waals surface area contributed by atoms with Gasteiger partial charge in [0.05, 0.1) is 0 Å². The van der Waals surface area contributed by atoms with Crippen molar-refractivity contribution in [3.8, 4) is 5.69 Å². The molecular formula is C16H19FN2. The highest BCUT2D eigenvalue weighted by atomic mass is 19.1. The molecule has 0 aliphatic heterocycles. The number of aryl methyl sites for hydroxylation is 2. The van der Waals surface area contributed by atoms with Crippen molar-refractivity contribution in [3.05, 3.63) is 52.6 Å². The quantitative estimate of drug-likeness (QED) is 0.833. The fourth-order valence-corrected chi connectivity index (χ4v) is 3.14. The number of nitrogens with two attached hydrogens (primary N) is 1. The van der Waals surface area contributed by atoms with Gasteiger partial charge in [0.1, 0.15) is 5.82 Å². The minimum atomic E-state index is -0.183. The summed E-state index contributed by atoms with van der Waals surface area (Å²) in [5, 5.41) is 0. The number of nitrogens with zero attached hydrogens (tertiary/aromatic N) is 1. The maximum atomic E-state index is 13.6. The highest BCUT2D eigenvalue weighted by Crippen LogP contribution is 2.33. The molecule has 1 aromatic carbocycles. The van der Waals surface area contributed by atoms with Crippen molar-refractivity contribution < 1.29 is 4.39 Å². The van der Waals surface area contributed by atoms with Crippen LogP contribution in [0.1, 0.15) is 41.4 Å². The van der Waals surface area contributed by atoms with Crippen molar-refractivity contribution in [1.29, 1.82) is 0 Å². The number of hydrogen-bond acceptors (Lipinski definition) is 1. The van der Waals surface area contributed by atoms with Crippen LogP contribution in [0.15, 0.2) is 24.3 Å². The second-order valence-electron chi connectivity index (χ2n) is 5.51. The van der Waals surface area contributed by atoms with E-state index in [0.717, 1.165) is 36.2 Å². The van der Waals surface area contributed by atoms with Crippen LogP contribution in [0.25, 0.3) is 5.69 Å². The van der Waals surface area contributed by atoms with E-state index in [1.807, 2.05) is 13.0 Å². The zero-order chi connectivity index (χ0) is 13.6. The predicted octanol–water partition coefficient (Wildman–Crippen LogP) is 3.57. The molecule has 0 amide bonds. The molecule has 0 saturated carbocycles. The minimum Gasteiger partial charge on any atom is -0.324 e. The lowest BCUT2D eigenvalue weighted by atomic mass is 9.93. The van der Waals surface area contributed by atoms with E-state index in [2.05, 4.69) is 17.6 Å². The van der Waals surface area contributed by atoms with Gasteiger partial charge in [-0.3, -0.25) is 0 Å². The molecule has 1 aliphatic carbocycles. The third-order valence-corrected chi connectivity index (χ3v) is 3.93. The normalized spacial score (nSPS) is 18.4. The highest BCUT2D eigenvalue weighted by molar-refractivity contribution is 5.45. The molecule has 3 heteroatoms. The molecule has 1 atom stereocenters. The molecule has 1 aliphatic rings. The van der Waals surface area contributed by atoms with E-state index in [0.29, 0.717) is 0 Å². The fourth-order valence-electron chi connectivity index (χ4n) is 3.14. The van der Waals surface area contributed by atoms with Gasteiger partial charge >= 0.3 is 0 Å². The lowest BCUT2D eigenvalue weighted by molar-refractivity contribution is 0.559. The summed E-state index contributed by atoms with van der Waals surface area (Å²) in [5.74, 6) is -0.183. The van der Waals surface area contributed by atoms with E-state index < -0.39 is 0 Å². The highest BCUT2D eigenvalue weighted by Gasteiger charge is 2.22. The Kier molecular flexibility index (Phi) is 2.94. The largest absolute Gasteiger partial charge is 0.324 e. The average molecular weight is 258 g/mol. The summed E-state index contributed by atoms with van der Waals surface area (Å²) in [6, 6.07) is 7.45. The Morgan fingerprint density at radius 1 is 1.21 bits per heavy atom. The Morgan fingerprint density at radius 3 is 2.74 bits per heavy atom. The Labute approximate surface area is 113 Å². The second-order valence-corrected chi connectivity index (χ2v) is 5.51. The molecule has 0 spiro atoms. The van der Waals surface area contributed by atoms with Crippen molar-refractivity contribution in [2.24, 2.45) is 5.73 Å². The molecule has 2 nitrogen and oxygen atoms in total. The third kappa shape index (κ3) is 2.08. The van der Waals surface area contributed by atoms with Gasteiger partial charge in [-0.1, -0.05) is 0 Å². The Hall–Kier alpha value is -1.61. The van der Waals surface area contributed by atoms with Gasteiger partial charge in [-0.2, -0.15) is 0 Å². The van der Waals surface area contributed by atoms with Crippen LogP contribution < -0.4 is 5.73 Å². The van der Waals surface area contributed by atoms with Crippen LogP contribution in [0, 0.1) is 19.7 Å². The van der Waals surface area contributed by atoms with Crippen molar-refractivity contribution in [1.82, 2.24) is 4.57 Å². The molecule has 2 N–H and O–H groups in total. The lowest BCUT2D eigenvalue weighted by Gasteiger charge is -2.21. The van der Waals surface area contributed by atoms with Crippen molar-refractivity contribution in [3.63, 3.8) is 0 Å². The molecule has 1 aromatic heterocycles. The Morgan fingerprint density at radius 2 is 2.00 bits per heavy atom. The van der Waals surface area contributed by atoms with Crippen molar-refractivity contribution in [2.45, 2.75) is 39.2 Å². The van der Waals surface area contributed by atoms with Crippen LogP contribution in [-0.4, -0.2) is 4.57 Å². The van der Waals surface area contributed by atoms with E-state index >= 15 is 0 Å². The van der Waals surface area contributed by atoms with E-state index in [1.165, 1.54) is 11.3 Å². The summed E-state index contributed by atoms with van der Waals surface area (Å²) in [5.41, 5.74) is 11.6. The van der Waals surface area contributed by atoms with E-state index in [1.54, 1.807) is 12.1 Å². The van der Waals surface area contributed by atoms with Crippen LogP contribution >= 0.6 is 0 Å². The number of halogens is 1. The van der Waals surface area contributed by atoms with Crippen molar-refractivity contribution in [2.75, 3.05) is 0 Å². The fraction of sp³-hybridized carbons (Fsp3) is 0.375. The molecule has 3 rings (SSSR count). The van der Waals surface area contributed by atoms with E-state index in [-0.39, 0.29) is 11.9 Å². The van der Waals surface area contributed by atoms with Crippen LogP contribution in [-0.2, 0) is 6.42 Å². The number of fused-ring (bicyclic) bond motifs is 1. The van der Waals surface area contributed by atoms with Crippen LogP contribution in [0.2, 0.25) is 0 Å². The molecule has 1 unspecified atom stereocenters. The van der Waals surface area contributed by atoms with Gasteiger partial charge < -0.3 is 10.3 Å². The van der Waals surface area contributed by atoms with Crippen molar-refractivity contribution >= 4 is 0 Å². The molecular weight excluding hydrogens is 239 g/mol. The smallest absolute Gasteiger partial charge is 0.125 e. The number of benzene rings is 1. The number of aromatic nitrogens is 1. The van der Waals surface area contributed by atoms with Gasteiger partial charge in [0.2, 0.25) is 0 Å². The zero-order valence-corrected chi connectivity index (χ0v) is 11.4. The third-order valence-electron chi connectivity index (χ3n) is 3.93. The average Bonchev–Trinajstić information content (AvgIpc) is 2.65. The summed E-state index contributed by atoms with van der Waals surface area (Å²) in [4.78, 5) is 0. The van der Waals surface area contributed by atoms with Gasteiger partial charge in [-0.15, -0.1) is 0 Å². The summed E-state index contributed by atoms with van der Waals surface area (Å²) in [6.07, 6.45) is 3.16. The second kappa shape index (κ2) is 4.49.